The van der Waals surface area contributed by atoms with E-state index in [1.54, 1.807) is 11.6 Å². The molecule has 4 heterocycles. The third-order valence-electron chi connectivity index (χ3n) is 9.92. The Kier molecular flexibility index (Phi) is 9.60. The van der Waals surface area contributed by atoms with Crippen molar-refractivity contribution in [3.8, 4) is 0 Å². The van der Waals surface area contributed by atoms with Crippen LogP contribution >= 0.6 is 0 Å². The van der Waals surface area contributed by atoms with Crippen LogP contribution in [0.2, 0.25) is 0 Å². The van der Waals surface area contributed by atoms with Gasteiger partial charge in [-0.2, -0.15) is 0 Å². The van der Waals surface area contributed by atoms with Crippen LogP contribution in [-0.2, 0) is 50.2 Å². The Hall–Kier alpha value is -4.29. The molecule has 1 unspecified atom stereocenters. The predicted molar refractivity (Wildman–Crippen MR) is 177 cm³/mol. The van der Waals surface area contributed by atoms with Gasteiger partial charge in [-0.1, -0.05) is 24.3 Å². The van der Waals surface area contributed by atoms with Crippen molar-refractivity contribution in [1.29, 1.82) is 0 Å². The van der Waals surface area contributed by atoms with E-state index in [0.717, 1.165) is 48.9 Å². The van der Waals surface area contributed by atoms with Gasteiger partial charge in [0, 0.05) is 45.5 Å². The Labute approximate surface area is 273 Å². The summed E-state index contributed by atoms with van der Waals surface area (Å²) in [6.45, 7) is 3.08. The van der Waals surface area contributed by atoms with Crippen molar-refractivity contribution in [3.63, 3.8) is 0 Å². The zero-order valence-electron chi connectivity index (χ0n) is 27.1. The molecule has 47 heavy (non-hydrogen) atoms. The number of imidazole rings is 1. The number of aromatic nitrogens is 2. The third-order valence-corrected chi connectivity index (χ3v) is 9.92. The molecule has 0 aliphatic carbocycles. The van der Waals surface area contributed by atoms with Gasteiger partial charge in [-0.25, -0.2) is 4.79 Å². The zero-order chi connectivity index (χ0) is 33.2. The van der Waals surface area contributed by atoms with E-state index in [4.69, 9.17) is 10.5 Å². The number of nitrogens with two attached hydrogens (primary N) is 1. The minimum Gasteiger partial charge on any atom is -0.377 e. The second kappa shape index (κ2) is 13.8. The van der Waals surface area contributed by atoms with Gasteiger partial charge < -0.3 is 20.7 Å². The van der Waals surface area contributed by atoms with Gasteiger partial charge in [0.2, 0.25) is 23.6 Å². The number of anilines is 1. The first-order valence-electron chi connectivity index (χ1n) is 16.7. The molecule has 4 atom stereocenters. The fraction of sp³-hybridized carbons (Fsp3) is 0.514. The number of hydrogen-bond donors (Lipinski definition) is 3. The van der Waals surface area contributed by atoms with Crippen molar-refractivity contribution >= 4 is 40.3 Å². The molecule has 1 fully saturated rings. The minimum absolute atomic E-state index is 0.00997. The molecular weight excluding hydrogens is 600 g/mol. The fourth-order valence-electron chi connectivity index (χ4n) is 7.43. The summed E-state index contributed by atoms with van der Waals surface area (Å²) < 4.78 is 9.29. The summed E-state index contributed by atoms with van der Waals surface area (Å²) in [5.74, 6) is -0.960. The SMILES string of the molecule is C[C@@H](OCCCc1ccc2c(c1)n(C)c(=O)n2C1CCC(=O)NC1=O)[C@H](CCC(N)=O)NC[C@@H]1Cc2cccc3c2N1C(=O)CCC3. The first-order chi connectivity index (χ1) is 22.6. The zero-order valence-corrected chi connectivity index (χ0v) is 27.1. The number of para-hydroxylation sites is 1. The summed E-state index contributed by atoms with van der Waals surface area (Å²) in [5, 5.41) is 5.96. The lowest BCUT2D eigenvalue weighted by molar-refractivity contribution is -0.135. The number of ether oxygens (including phenoxy) is 1. The van der Waals surface area contributed by atoms with Crippen molar-refractivity contribution in [2.45, 2.75) is 95.4 Å². The Morgan fingerprint density at radius 1 is 1.09 bits per heavy atom. The molecule has 0 radical (unpaired) electrons. The van der Waals surface area contributed by atoms with Crippen LogP contribution < -0.4 is 27.0 Å². The van der Waals surface area contributed by atoms with E-state index in [1.807, 2.05) is 30.0 Å². The summed E-state index contributed by atoms with van der Waals surface area (Å²) in [4.78, 5) is 64.0. The van der Waals surface area contributed by atoms with E-state index >= 15 is 0 Å². The van der Waals surface area contributed by atoms with E-state index in [9.17, 15) is 24.0 Å². The molecule has 12 heteroatoms. The number of nitrogens with zero attached hydrogens (tertiary/aromatic N) is 3. The number of primary amides is 1. The summed E-state index contributed by atoms with van der Waals surface area (Å²) in [6.07, 6.45) is 5.64. The number of benzene rings is 2. The van der Waals surface area contributed by atoms with Crippen LogP contribution in [0.1, 0.15) is 74.6 Å². The molecule has 0 spiro atoms. The standard InChI is InChI=1S/C35H44N6O6/c1-21(26(12-15-30(36)42)37-20-25-19-24-9-3-7-23-8-4-10-32(44)40(25)33(23)24)47-17-5-6-22-11-13-27-29(18-22)39(2)35(46)41(27)28-14-16-31(43)38-34(28)45/h3,7,9,11,13,18,21,25-26,28,37H,4-6,8,10,12,14-17,19-20H2,1-2H3,(H2,36,42)(H,38,43,45)/t21-,25+,26+,28?/m1/s1. The molecule has 1 saturated heterocycles. The maximum atomic E-state index is 13.1. The number of fused-ring (bicyclic) bond motifs is 1. The van der Waals surface area contributed by atoms with Gasteiger partial charge in [-0.15, -0.1) is 0 Å². The number of carbonyl (C=O) groups is 4. The number of hydrogen-bond acceptors (Lipinski definition) is 7. The highest BCUT2D eigenvalue weighted by Crippen LogP contribution is 2.38. The molecule has 3 aliphatic heterocycles. The highest BCUT2D eigenvalue weighted by molar-refractivity contribution is 6.00. The van der Waals surface area contributed by atoms with E-state index < -0.39 is 11.9 Å². The van der Waals surface area contributed by atoms with Crippen LogP contribution in [-0.4, -0.2) is 64.1 Å². The number of amides is 4. The average Bonchev–Trinajstić information content (AvgIpc) is 3.46. The molecule has 2 aromatic carbocycles. The monoisotopic (exact) mass is 644 g/mol. The highest BCUT2D eigenvalue weighted by Gasteiger charge is 2.37. The Morgan fingerprint density at radius 3 is 2.68 bits per heavy atom. The minimum atomic E-state index is -0.716. The largest absolute Gasteiger partial charge is 0.377 e. The number of rotatable bonds is 13. The van der Waals surface area contributed by atoms with Gasteiger partial charge in [-0.3, -0.25) is 33.6 Å². The topological polar surface area (TPSA) is 158 Å². The smallest absolute Gasteiger partial charge is 0.329 e. The number of piperidine rings is 1. The normalized spacial score (nSPS) is 20.6. The number of aryl methyl sites for hydroxylation is 3. The van der Waals surface area contributed by atoms with Gasteiger partial charge in [0.1, 0.15) is 6.04 Å². The van der Waals surface area contributed by atoms with Crippen LogP contribution in [0.15, 0.2) is 41.2 Å². The fourth-order valence-corrected chi connectivity index (χ4v) is 7.43. The van der Waals surface area contributed by atoms with Gasteiger partial charge in [-0.05, 0) is 80.7 Å². The summed E-state index contributed by atoms with van der Waals surface area (Å²) >= 11 is 0. The highest BCUT2D eigenvalue weighted by atomic mass is 16.5. The van der Waals surface area contributed by atoms with Crippen LogP contribution in [0, 0.1) is 0 Å². The van der Waals surface area contributed by atoms with Crippen LogP contribution in [0.25, 0.3) is 11.0 Å². The maximum Gasteiger partial charge on any atom is 0.329 e. The lowest BCUT2D eigenvalue weighted by Gasteiger charge is -2.30. The van der Waals surface area contributed by atoms with Gasteiger partial charge in [0.15, 0.2) is 0 Å². The van der Waals surface area contributed by atoms with Crippen LogP contribution in [0.4, 0.5) is 5.69 Å². The van der Waals surface area contributed by atoms with E-state index in [2.05, 4.69) is 28.8 Å². The predicted octanol–water partition coefficient (Wildman–Crippen LogP) is 2.17. The van der Waals surface area contributed by atoms with Crippen molar-refractivity contribution in [2.75, 3.05) is 18.1 Å². The molecule has 1 aromatic heterocycles. The number of carbonyl (C=O) groups excluding carboxylic acids is 4. The molecule has 250 valence electrons. The third kappa shape index (κ3) is 6.75. The second-order valence-corrected chi connectivity index (χ2v) is 13.1. The first kappa shape index (κ1) is 32.6. The van der Waals surface area contributed by atoms with Crippen molar-refractivity contribution in [3.05, 3.63) is 63.6 Å². The molecule has 6 rings (SSSR count). The second-order valence-electron chi connectivity index (χ2n) is 13.1. The molecule has 4 amide bonds. The van der Waals surface area contributed by atoms with Crippen molar-refractivity contribution < 1.29 is 23.9 Å². The van der Waals surface area contributed by atoms with Gasteiger partial charge >= 0.3 is 5.69 Å². The van der Waals surface area contributed by atoms with E-state index in [0.29, 0.717) is 37.9 Å². The van der Waals surface area contributed by atoms with Gasteiger partial charge in [0.25, 0.3) is 0 Å². The van der Waals surface area contributed by atoms with Crippen molar-refractivity contribution in [1.82, 2.24) is 19.8 Å². The lowest BCUT2D eigenvalue weighted by Crippen LogP contribution is -2.49. The van der Waals surface area contributed by atoms with Crippen LogP contribution in [0.3, 0.4) is 0 Å². The Balaban J connectivity index is 1.06. The van der Waals surface area contributed by atoms with E-state index in [1.165, 1.54) is 15.7 Å². The average molecular weight is 645 g/mol. The molecular formula is C35H44N6O6. The molecule has 12 nitrogen and oxygen atoms in total. The maximum absolute atomic E-state index is 13.1. The van der Waals surface area contributed by atoms with Gasteiger partial charge in [0.05, 0.1) is 28.9 Å². The van der Waals surface area contributed by atoms with Crippen molar-refractivity contribution in [2.24, 2.45) is 12.8 Å². The summed E-state index contributed by atoms with van der Waals surface area (Å²) in [7, 11) is 1.69. The summed E-state index contributed by atoms with van der Waals surface area (Å²) in [5.41, 5.74) is 11.2. The molecule has 3 aromatic rings. The number of nitrogens with one attached hydrogen (secondary N) is 2. The molecule has 0 saturated carbocycles. The van der Waals surface area contributed by atoms with E-state index in [-0.39, 0.29) is 54.4 Å². The Morgan fingerprint density at radius 2 is 1.89 bits per heavy atom. The lowest BCUT2D eigenvalue weighted by atomic mass is 10.0. The first-order valence-corrected chi connectivity index (χ1v) is 16.7. The molecule has 4 N–H and O–H groups in total. The molecule has 0 bridgehead atoms. The quantitative estimate of drug-likeness (QED) is 0.190. The Bertz CT molecular complexity index is 1760. The molecule has 3 aliphatic rings. The number of imide groups is 1. The van der Waals surface area contributed by atoms with Crippen LogP contribution in [0.5, 0.6) is 0 Å². The summed E-state index contributed by atoms with van der Waals surface area (Å²) in [6, 6.07) is 11.3.